The van der Waals surface area contributed by atoms with E-state index >= 15 is 0 Å². The zero-order valence-corrected chi connectivity index (χ0v) is 8.21. The van der Waals surface area contributed by atoms with Crippen LogP contribution < -0.4 is 0 Å². The van der Waals surface area contributed by atoms with Gasteiger partial charge in [-0.25, -0.2) is 0 Å². The van der Waals surface area contributed by atoms with E-state index in [1.54, 1.807) is 10.5 Å². The van der Waals surface area contributed by atoms with Crippen molar-refractivity contribution in [3.63, 3.8) is 0 Å². The Morgan fingerprint density at radius 2 is 2.27 bits per heavy atom. The van der Waals surface area contributed by atoms with Crippen LogP contribution in [0.4, 0.5) is 0 Å². The Bertz CT molecular complexity index is 177. The molecule has 0 atom stereocenters. The van der Waals surface area contributed by atoms with Gasteiger partial charge in [0, 0.05) is 0 Å². The maximum atomic E-state index is 2.38. The molecular weight excluding hydrogens is 152 g/mol. The summed E-state index contributed by atoms with van der Waals surface area (Å²) in [5.74, 6) is 0. The Kier molecular flexibility index (Phi) is 3.78. The van der Waals surface area contributed by atoms with E-state index < -0.39 is 0 Å². The van der Waals surface area contributed by atoms with Gasteiger partial charge in [-0.15, -0.1) is 11.8 Å². The second kappa shape index (κ2) is 4.66. The van der Waals surface area contributed by atoms with Crippen molar-refractivity contribution >= 4 is 11.8 Å². The monoisotopic (exact) mass is 168 g/mol. The minimum atomic E-state index is 1.19. The van der Waals surface area contributed by atoms with Crippen LogP contribution in [0.5, 0.6) is 0 Å². The highest BCUT2D eigenvalue weighted by Gasteiger charge is 2.02. The van der Waals surface area contributed by atoms with Gasteiger partial charge in [0.05, 0.1) is 0 Å². The summed E-state index contributed by atoms with van der Waals surface area (Å²) in [4.78, 5) is 1.56. The molecule has 0 radical (unpaired) electrons. The first-order valence-corrected chi connectivity index (χ1v) is 5.28. The van der Waals surface area contributed by atoms with E-state index in [0.29, 0.717) is 0 Å². The molecular formula is C10H16S. The van der Waals surface area contributed by atoms with Crippen LogP contribution in [-0.2, 0) is 0 Å². The summed E-state index contributed by atoms with van der Waals surface area (Å²) in [6.45, 7) is 4.46. The van der Waals surface area contributed by atoms with Crippen molar-refractivity contribution in [1.82, 2.24) is 0 Å². The second-order valence-electron chi connectivity index (χ2n) is 2.87. The number of thioether (sulfide) groups is 1. The maximum Gasteiger partial charge on any atom is -0.0120 e. The van der Waals surface area contributed by atoms with Gasteiger partial charge in [-0.3, -0.25) is 0 Å². The molecule has 62 valence electrons. The Hall–Kier alpha value is -0.170. The molecule has 1 rings (SSSR count). The molecule has 0 spiro atoms. The zero-order valence-electron chi connectivity index (χ0n) is 7.39. The summed E-state index contributed by atoms with van der Waals surface area (Å²) in [7, 11) is 0. The Labute approximate surface area is 73.8 Å². The van der Waals surface area contributed by atoms with Gasteiger partial charge in [-0.2, -0.15) is 0 Å². The van der Waals surface area contributed by atoms with Crippen LogP contribution in [0.1, 0.15) is 39.5 Å². The minimum Gasteiger partial charge on any atom is -0.103 e. The van der Waals surface area contributed by atoms with Crippen LogP contribution in [0.15, 0.2) is 22.0 Å². The molecule has 0 amide bonds. The van der Waals surface area contributed by atoms with Gasteiger partial charge in [-0.1, -0.05) is 31.9 Å². The van der Waals surface area contributed by atoms with Gasteiger partial charge in [0.25, 0.3) is 0 Å². The van der Waals surface area contributed by atoms with Crippen molar-refractivity contribution in [3.05, 3.63) is 22.0 Å². The van der Waals surface area contributed by atoms with Crippen molar-refractivity contribution in [2.75, 3.05) is 0 Å². The third-order valence-electron chi connectivity index (χ3n) is 1.92. The van der Waals surface area contributed by atoms with E-state index in [4.69, 9.17) is 0 Å². The number of hydrogen-bond acceptors (Lipinski definition) is 1. The summed E-state index contributed by atoms with van der Waals surface area (Å²) in [5.41, 5.74) is 1.58. The van der Waals surface area contributed by atoms with Gasteiger partial charge < -0.3 is 0 Å². The molecule has 0 saturated carbocycles. The van der Waals surface area contributed by atoms with Crippen molar-refractivity contribution in [1.29, 1.82) is 0 Å². The Balaban J connectivity index is 2.37. The first-order chi connectivity index (χ1) is 5.36. The van der Waals surface area contributed by atoms with Crippen LogP contribution in [0.3, 0.4) is 0 Å². The average molecular weight is 168 g/mol. The van der Waals surface area contributed by atoms with Gasteiger partial charge in [0.1, 0.15) is 0 Å². The highest BCUT2D eigenvalue weighted by molar-refractivity contribution is 8.05. The van der Waals surface area contributed by atoms with Crippen molar-refractivity contribution < 1.29 is 0 Å². The predicted octanol–water partition coefficient (Wildman–Crippen LogP) is 4.10. The molecule has 1 heteroatoms. The lowest BCUT2D eigenvalue weighted by molar-refractivity contribution is 0.933. The predicted molar refractivity (Wildman–Crippen MR) is 53.6 cm³/mol. The van der Waals surface area contributed by atoms with Crippen LogP contribution in [0, 0.1) is 0 Å². The highest BCUT2D eigenvalue weighted by atomic mass is 32.2. The smallest absolute Gasteiger partial charge is 0.0120 e. The number of rotatable bonds is 3. The number of hydrogen-bond donors (Lipinski definition) is 0. The lowest BCUT2D eigenvalue weighted by Crippen LogP contribution is -1.86. The van der Waals surface area contributed by atoms with E-state index in [2.05, 4.69) is 25.3 Å². The molecule has 0 saturated heterocycles. The van der Waals surface area contributed by atoms with E-state index in [9.17, 15) is 0 Å². The van der Waals surface area contributed by atoms with Crippen LogP contribution in [-0.4, -0.2) is 0 Å². The average Bonchev–Trinajstić information content (AvgIpc) is 2.07. The van der Waals surface area contributed by atoms with Crippen molar-refractivity contribution in [2.24, 2.45) is 0 Å². The van der Waals surface area contributed by atoms with Gasteiger partial charge in [-0.05, 0) is 29.6 Å². The van der Waals surface area contributed by atoms with Gasteiger partial charge >= 0.3 is 0 Å². The molecule has 11 heavy (non-hydrogen) atoms. The standard InChI is InChI=1S/C10H16S/c1-3-5-10-7-6-9(4-2)8-11-10/h7-8H,3-6H2,1-2H3. The SMILES string of the molecule is CCCC1=CCC(CC)=CS1. The molecule has 0 aromatic heterocycles. The third-order valence-corrected chi connectivity index (χ3v) is 3.04. The van der Waals surface area contributed by atoms with E-state index in [1.807, 2.05) is 11.8 Å². The maximum absolute atomic E-state index is 2.38. The first-order valence-electron chi connectivity index (χ1n) is 4.40. The van der Waals surface area contributed by atoms with Gasteiger partial charge in [0.15, 0.2) is 0 Å². The molecule has 0 aromatic carbocycles. The molecule has 0 N–H and O–H groups in total. The summed E-state index contributed by atoms with van der Waals surface area (Å²) in [6, 6.07) is 0. The largest absolute Gasteiger partial charge is 0.103 e. The van der Waals surface area contributed by atoms with Gasteiger partial charge in [0.2, 0.25) is 0 Å². The van der Waals surface area contributed by atoms with E-state index in [-0.39, 0.29) is 0 Å². The normalized spacial score (nSPS) is 17.6. The summed E-state index contributed by atoms with van der Waals surface area (Å²) in [6.07, 6.45) is 7.32. The van der Waals surface area contributed by atoms with E-state index in [0.717, 1.165) is 0 Å². The highest BCUT2D eigenvalue weighted by Crippen LogP contribution is 2.30. The molecule has 1 aliphatic rings. The zero-order chi connectivity index (χ0) is 8.10. The van der Waals surface area contributed by atoms with Crippen LogP contribution >= 0.6 is 11.8 Å². The Morgan fingerprint density at radius 3 is 2.73 bits per heavy atom. The molecule has 0 aromatic rings. The molecule has 0 aliphatic carbocycles. The lowest BCUT2D eigenvalue weighted by atomic mass is 10.1. The van der Waals surface area contributed by atoms with Crippen molar-refractivity contribution in [2.45, 2.75) is 39.5 Å². The quantitative estimate of drug-likeness (QED) is 0.611. The fourth-order valence-corrected chi connectivity index (χ4v) is 2.22. The third kappa shape index (κ3) is 2.74. The molecule has 0 unspecified atom stereocenters. The number of allylic oxidation sites excluding steroid dienone is 3. The molecule has 1 aliphatic heterocycles. The topological polar surface area (TPSA) is 0 Å². The molecule has 1 heterocycles. The molecule has 0 bridgehead atoms. The summed E-state index contributed by atoms with van der Waals surface area (Å²) in [5, 5.41) is 2.32. The molecule has 0 nitrogen and oxygen atoms in total. The lowest BCUT2D eigenvalue weighted by Gasteiger charge is -2.10. The van der Waals surface area contributed by atoms with Crippen LogP contribution in [0.2, 0.25) is 0 Å². The minimum absolute atomic E-state index is 1.19. The fraction of sp³-hybridized carbons (Fsp3) is 0.600. The summed E-state index contributed by atoms with van der Waals surface area (Å²) < 4.78 is 0. The van der Waals surface area contributed by atoms with Crippen molar-refractivity contribution in [3.8, 4) is 0 Å². The van der Waals surface area contributed by atoms with Crippen LogP contribution in [0.25, 0.3) is 0 Å². The Morgan fingerprint density at radius 1 is 1.45 bits per heavy atom. The second-order valence-corrected chi connectivity index (χ2v) is 3.87. The summed E-state index contributed by atoms with van der Waals surface area (Å²) >= 11 is 1.92. The molecule has 0 fully saturated rings. The first kappa shape index (κ1) is 8.92. The van der Waals surface area contributed by atoms with E-state index in [1.165, 1.54) is 25.7 Å². The fourth-order valence-electron chi connectivity index (χ4n) is 1.14.